The van der Waals surface area contributed by atoms with Crippen LogP contribution in [0.25, 0.3) is 143 Å². The topological polar surface area (TPSA) is 13.1 Å². The van der Waals surface area contributed by atoms with Crippen molar-refractivity contribution in [2.24, 2.45) is 0 Å². The molecule has 0 amide bonds. The van der Waals surface area contributed by atoms with Crippen molar-refractivity contribution in [2.45, 2.75) is 0 Å². The van der Waals surface area contributed by atoms with Crippen LogP contribution in [-0.4, -0.2) is 0 Å². The second kappa shape index (κ2) is 14.9. The highest BCUT2D eigenvalue weighted by atomic mass is 16.3. The number of hydrogen-bond acceptors (Lipinski definition) is 1. The largest absolute Gasteiger partial charge is 0.455 e. The fourth-order valence-electron chi connectivity index (χ4n) is 11.2. The van der Waals surface area contributed by atoms with E-state index >= 15 is 0 Å². The molecule has 0 atom stereocenters. The Morgan fingerprint density at radius 3 is 1.15 bits per heavy atom. The van der Waals surface area contributed by atoms with Crippen molar-refractivity contribution in [2.75, 3.05) is 0 Å². The summed E-state index contributed by atoms with van der Waals surface area (Å²) >= 11 is 0. The number of rotatable bonds is 6. The molecule has 0 spiro atoms. The molecule has 310 valence electrons. The van der Waals surface area contributed by atoms with Crippen molar-refractivity contribution >= 4 is 75.8 Å². The fraction of sp³-hybridized carbons (Fsp3) is 0. The Kier molecular flexibility index (Phi) is 8.35. The van der Waals surface area contributed by atoms with Crippen molar-refractivity contribution in [1.82, 2.24) is 0 Å². The van der Waals surface area contributed by atoms with Gasteiger partial charge >= 0.3 is 0 Å². The zero-order chi connectivity index (χ0) is 44.0. The molecular formula is C66H40O. The summed E-state index contributed by atoms with van der Waals surface area (Å²) in [5.74, 6) is 0. The molecule has 1 nitrogen and oxygen atoms in total. The number of fused-ring (bicyclic) bond motifs is 6. The van der Waals surface area contributed by atoms with Crippen molar-refractivity contribution in [1.29, 1.82) is 0 Å². The van der Waals surface area contributed by atoms with E-state index in [1.165, 1.54) is 104 Å². The minimum absolute atomic E-state index is 0.896. The standard InChI is InChI=1S/C66H40O/c1-4-13-41(14-5-1)48-21-12-22-60-55(48)38-40-61-64-59(56-32-28-47-29-33-57-51(43-17-8-3-9-18-43)31-27-46-30-34-58(56)63(47)62(46)57)39-37-52(66(64)67-65(60)61)45-25-23-44(24-26-45)50-36-35-49(42-15-6-2-7-16-42)53-19-10-11-20-54(50)53/h1-40H. The molecule has 1 aromatic heterocycles. The van der Waals surface area contributed by atoms with Gasteiger partial charge in [0.2, 0.25) is 0 Å². The van der Waals surface area contributed by atoms with Gasteiger partial charge in [-0.15, -0.1) is 0 Å². The van der Waals surface area contributed by atoms with Gasteiger partial charge in [0.25, 0.3) is 0 Å². The molecule has 0 bridgehead atoms. The van der Waals surface area contributed by atoms with Crippen LogP contribution in [0.5, 0.6) is 0 Å². The molecule has 67 heavy (non-hydrogen) atoms. The number of hydrogen-bond donors (Lipinski definition) is 0. The quantitative estimate of drug-likeness (QED) is 0.152. The summed E-state index contributed by atoms with van der Waals surface area (Å²) in [6, 6.07) is 88.8. The Hall–Kier alpha value is -8.78. The van der Waals surface area contributed by atoms with E-state index < -0.39 is 0 Å². The van der Waals surface area contributed by atoms with Crippen LogP contribution in [-0.2, 0) is 0 Å². The van der Waals surface area contributed by atoms with E-state index in [0.717, 1.165) is 38.5 Å². The van der Waals surface area contributed by atoms with Crippen LogP contribution in [0.1, 0.15) is 0 Å². The van der Waals surface area contributed by atoms with Gasteiger partial charge in [-0.25, -0.2) is 0 Å². The third kappa shape index (κ3) is 5.81. The Labute approximate surface area is 387 Å². The Balaban J connectivity index is 0.986. The van der Waals surface area contributed by atoms with E-state index in [1.54, 1.807) is 0 Å². The first-order chi connectivity index (χ1) is 33.2. The van der Waals surface area contributed by atoms with E-state index in [2.05, 4.69) is 243 Å². The molecule has 0 radical (unpaired) electrons. The van der Waals surface area contributed by atoms with Gasteiger partial charge in [0.1, 0.15) is 11.2 Å². The second-order valence-corrected chi connectivity index (χ2v) is 17.8. The van der Waals surface area contributed by atoms with Crippen LogP contribution in [0.3, 0.4) is 0 Å². The smallest absolute Gasteiger partial charge is 0.143 e. The van der Waals surface area contributed by atoms with Gasteiger partial charge in [0, 0.05) is 21.7 Å². The summed E-state index contributed by atoms with van der Waals surface area (Å²) in [6.07, 6.45) is 0. The maximum Gasteiger partial charge on any atom is 0.143 e. The lowest BCUT2D eigenvalue weighted by molar-refractivity contribution is 0.674. The molecule has 0 saturated heterocycles. The Morgan fingerprint density at radius 1 is 0.179 bits per heavy atom. The number of benzene rings is 13. The predicted molar refractivity (Wildman–Crippen MR) is 285 cm³/mol. The summed E-state index contributed by atoms with van der Waals surface area (Å²) < 4.78 is 7.32. The number of furan rings is 1. The lowest BCUT2D eigenvalue weighted by Gasteiger charge is -2.17. The van der Waals surface area contributed by atoms with Gasteiger partial charge in [0.05, 0.1) is 0 Å². The van der Waals surface area contributed by atoms with Gasteiger partial charge in [-0.3, -0.25) is 0 Å². The summed E-state index contributed by atoms with van der Waals surface area (Å²) in [5.41, 5.74) is 16.1. The van der Waals surface area contributed by atoms with E-state index in [1.807, 2.05) is 0 Å². The summed E-state index contributed by atoms with van der Waals surface area (Å²) in [5, 5.41) is 14.6. The normalized spacial score (nSPS) is 11.9. The van der Waals surface area contributed by atoms with E-state index in [4.69, 9.17) is 4.42 Å². The van der Waals surface area contributed by atoms with Crippen LogP contribution in [0.4, 0.5) is 0 Å². The van der Waals surface area contributed by atoms with Gasteiger partial charge in [-0.2, -0.15) is 0 Å². The minimum atomic E-state index is 0.896. The molecule has 0 fully saturated rings. The molecule has 0 saturated carbocycles. The van der Waals surface area contributed by atoms with Gasteiger partial charge in [-0.1, -0.05) is 231 Å². The predicted octanol–water partition coefficient (Wildman–Crippen LogP) is 18.8. The average Bonchev–Trinajstić information content (AvgIpc) is 3.81. The highest BCUT2D eigenvalue weighted by molar-refractivity contribution is 6.30. The zero-order valence-corrected chi connectivity index (χ0v) is 36.5. The fourth-order valence-corrected chi connectivity index (χ4v) is 11.2. The SMILES string of the molecule is c1ccc(-c2ccc(-c3ccc(-c4ccc(-c5ccc6ccc7c(-c8ccccc8)ccc8ccc5c6c87)c5c4oc4c6cccc(-c7ccccc7)c6ccc45)cc3)c3ccccc23)cc1. The lowest BCUT2D eigenvalue weighted by atomic mass is 9.86. The van der Waals surface area contributed by atoms with Gasteiger partial charge < -0.3 is 4.42 Å². The minimum Gasteiger partial charge on any atom is -0.455 e. The van der Waals surface area contributed by atoms with Crippen LogP contribution < -0.4 is 0 Å². The van der Waals surface area contributed by atoms with Gasteiger partial charge in [-0.05, 0) is 122 Å². The first kappa shape index (κ1) is 37.6. The monoisotopic (exact) mass is 848 g/mol. The molecule has 0 aliphatic heterocycles. The average molecular weight is 849 g/mol. The van der Waals surface area contributed by atoms with Crippen molar-refractivity contribution < 1.29 is 4.42 Å². The first-order valence-electron chi connectivity index (χ1n) is 23.2. The Morgan fingerprint density at radius 2 is 0.552 bits per heavy atom. The molecule has 1 heterocycles. The van der Waals surface area contributed by atoms with Crippen molar-refractivity contribution in [3.8, 4) is 66.8 Å². The van der Waals surface area contributed by atoms with Crippen molar-refractivity contribution in [3.63, 3.8) is 0 Å². The van der Waals surface area contributed by atoms with E-state index in [9.17, 15) is 0 Å². The summed E-state index contributed by atoms with van der Waals surface area (Å²) in [4.78, 5) is 0. The highest BCUT2D eigenvalue weighted by Gasteiger charge is 2.22. The van der Waals surface area contributed by atoms with Crippen LogP contribution in [0, 0.1) is 0 Å². The molecular weight excluding hydrogens is 809 g/mol. The third-order valence-electron chi connectivity index (χ3n) is 14.3. The third-order valence-corrected chi connectivity index (χ3v) is 14.3. The molecule has 1 heteroatoms. The lowest BCUT2D eigenvalue weighted by Crippen LogP contribution is -1.90. The molecule has 0 N–H and O–H groups in total. The second-order valence-electron chi connectivity index (χ2n) is 17.8. The van der Waals surface area contributed by atoms with E-state index in [-0.39, 0.29) is 0 Å². The molecule has 0 aliphatic rings. The first-order valence-corrected chi connectivity index (χ1v) is 23.2. The molecule has 14 aromatic rings. The maximum absolute atomic E-state index is 7.32. The molecule has 13 aromatic carbocycles. The van der Waals surface area contributed by atoms with Crippen LogP contribution >= 0.6 is 0 Å². The van der Waals surface area contributed by atoms with Crippen LogP contribution in [0.15, 0.2) is 247 Å². The summed E-state index contributed by atoms with van der Waals surface area (Å²) in [6.45, 7) is 0. The molecule has 0 unspecified atom stereocenters. The van der Waals surface area contributed by atoms with Crippen LogP contribution in [0.2, 0.25) is 0 Å². The van der Waals surface area contributed by atoms with Crippen molar-refractivity contribution in [3.05, 3.63) is 243 Å². The molecule has 14 rings (SSSR count). The summed E-state index contributed by atoms with van der Waals surface area (Å²) in [7, 11) is 0. The zero-order valence-electron chi connectivity index (χ0n) is 36.5. The maximum atomic E-state index is 7.32. The van der Waals surface area contributed by atoms with Gasteiger partial charge in [0.15, 0.2) is 0 Å². The highest BCUT2D eigenvalue weighted by Crippen LogP contribution is 2.49. The molecule has 0 aliphatic carbocycles. The Bertz CT molecular complexity index is 4220. The van der Waals surface area contributed by atoms with E-state index in [0.29, 0.717) is 0 Å².